The molecule has 1 aromatic rings. The highest BCUT2D eigenvalue weighted by atomic mass is 14.9. The van der Waals surface area contributed by atoms with Crippen LogP contribution in [0.3, 0.4) is 0 Å². The minimum atomic E-state index is 0.493. The topological polar surface area (TPSA) is 61.8 Å². The number of benzene rings is 1. The third-order valence-corrected chi connectivity index (χ3v) is 1.76. The number of nitrogens with zero attached hydrogens (tertiary/aromatic N) is 1. The molecule has 13 heavy (non-hydrogen) atoms. The van der Waals surface area contributed by atoms with Crippen molar-refractivity contribution in [2.75, 3.05) is 17.6 Å². The van der Waals surface area contributed by atoms with Crippen LogP contribution in [0, 0.1) is 18.3 Å². The Labute approximate surface area is 78.2 Å². The van der Waals surface area contributed by atoms with Gasteiger partial charge in [0.05, 0.1) is 23.9 Å². The van der Waals surface area contributed by atoms with Gasteiger partial charge in [0, 0.05) is 6.54 Å². The summed E-state index contributed by atoms with van der Waals surface area (Å²) in [5.41, 5.74) is 8.52. The molecule has 0 aliphatic carbocycles. The Bertz CT molecular complexity index is 325. The van der Waals surface area contributed by atoms with Gasteiger partial charge in [-0.3, -0.25) is 0 Å². The molecule has 1 aromatic carbocycles. The maximum Gasteiger partial charge on any atom is 0.0640 e. The Balaban J connectivity index is 2.65. The van der Waals surface area contributed by atoms with Crippen molar-refractivity contribution in [1.82, 2.24) is 0 Å². The zero-order chi connectivity index (χ0) is 9.68. The van der Waals surface area contributed by atoms with Crippen LogP contribution in [0.25, 0.3) is 0 Å². The van der Waals surface area contributed by atoms with Gasteiger partial charge in [0.25, 0.3) is 0 Å². The van der Waals surface area contributed by atoms with Gasteiger partial charge in [0.2, 0.25) is 0 Å². The normalized spacial score (nSPS) is 9.23. The molecule has 0 aromatic heterocycles. The fourth-order valence-corrected chi connectivity index (χ4v) is 1.08. The molecular formula is C10H13N3. The highest BCUT2D eigenvalue weighted by Gasteiger charge is 1.97. The van der Waals surface area contributed by atoms with Crippen molar-refractivity contribution in [2.45, 2.75) is 13.3 Å². The van der Waals surface area contributed by atoms with Crippen LogP contribution in [0.1, 0.15) is 12.0 Å². The highest BCUT2D eigenvalue weighted by Crippen LogP contribution is 2.19. The zero-order valence-corrected chi connectivity index (χ0v) is 7.67. The van der Waals surface area contributed by atoms with Crippen molar-refractivity contribution in [2.24, 2.45) is 0 Å². The van der Waals surface area contributed by atoms with Crippen molar-refractivity contribution < 1.29 is 0 Å². The molecule has 0 aliphatic rings. The van der Waals surface area contributed by atoms with E-state index in [0.29, 0.717) is 13.0 Å². The van der Waals surface area contributed by atoms with Gasteiger partial charge < -0.3 is 11.1 Å². The Morgan fingerprint density at radius 1 is 1.54 bits per heavy atom. The first-order valence-electron chi connectivity index (χ1n) is 4.21. The summed E-state index contributed by atoms with van der Waals surface area (Å²) in [6.45, 7) is 2.65. The number of hydrogen-bond donors (Lipinski definition) is 2. The first kappa shape index (κ1) is 9.40. The van der Waals surface area contributed by atoms with Gasteiger partial charge in [-0.25, -0.2) is 0 Å². The minimum absolute atomic E-state index is 0.493. The first-order chi connectivity index (χ1) is 6.24. The molecule has 0 atom stereocenters. The molecule has 0 heterocycles. The molecule has 0 spiro atoms. The second kappa shape index (κ2) is 4.36. The van der Waals surface area contributed by atoms with Crippen LogP contribution in [0.2, 0.25) is 0 Å². The predicted octanol–water partition coefficient (Wildman–Crippen LogP) is 1.90. The van der Waals surface area contributed by atoms with Crippen molar-refractivity contribution in [1.29, 1.82) is 5.26 Å². The van der Waals surface area contributed by atoms with E-state index >= 15 is 0 Å². The van der Waals surface area contributed by atoms with Crippen LogP contribution >= 0.6 is 0 Å². The molecule has 0 bridgehead atoms. The van der Waals surface area contributed by atoms with Crippen LogP contribution in [0.4, 0.5) is 11.4 Å². The van der Waals surface area contributed by atoms with E-state index in [1.54, 1.807) is 0 Å². The summed E-state index contributed by atoms with van der Waals surface area (Å²) in [6.07, 6.45) is 0.493. The largest absolute Gasteiger partial charge is 0.397 e. The fourth-order valence-electron chi connectivity index (χ4n) is 1.08. The summed E-state index contributed by atoms with van der Waals surface area (Å²) in [5.74, 6) is 0. The van der Waals surface area contributed by atoms with Gasteiger partial charge >= 0.3 is 0 Å². The third kappa shape index (κ3) is 2.68. The standard InChI is InChI=1S/C10H13N3/c1-8-3-4-9(12)10(7-8)13-6-2-5-11/h3-4,7,13H,2,6,12H2,1H3. The lowest BCUT2D eigenvalue weighted by molar-refractivity contribution is 1.08. The van der Waals surface area contributed by atoms with Crippen molar-refractivity contribution in [3.05, 3.63) is 23.8 Å². The van der Waals surface area contributed by atoms with Crippen LogP contribution in [-0.2, 0) is 0 Å². The van der Waals surface area contributed by atoms with E-state index in [-0.39, 0.29) is 0 Å². The van der Waals surface area contributed by atoms with E-state index in [4.69, 9.17) is 11.0 Å². The Morgan fingerprint density at radius 3 is 3.00 bits per heavy atom. The molecule has 3 N–H and O–H groups in total. The first-order valence-corrected chi connectivity index (χ1v) is 4.21. The molecule has 68 valence electrons. The van der Waals surface area contributed by atoms with Gasteiger partial charge in [0.15, 0.2) is 0 Å². The average molecular weight is 175 g/mol. The molecule has 0 radical (unpaired) electrons. The second-order valence-electron chi connectivity index (χ2n) is 2.93. The molecule has 0 aliphatic heterocycles. The number of hydrogen-bond acceptors (Lipinski definition) is 3. The van der Waals surface area contributed by atoms with E-state index in [9.17, 15) is 0 Å². The molecular weight excluding hydrogens is 162 g/mol. The van der Waals surface area contributed by atoms with Crippen LogP contribution in [-0.4, -0.2) is 6.54 Å². The zero-order valence-electron chi connectivity index (χ0n) is 7.67. The molecule has 3 heteroatoms. The molecule has 3 nitrogen and oxygen atoms in total. The number of nitrogens with one attached hydrogen (secondary N) is 1. The van der Waals surface area contributed by atoms with E-state index in [2.05, 4.69) is 11.4 Å². The van der Waals surface area contributed by atoms with Crippen molar-refractivity contribution >= 4 is 11.4 Å². The quantitative estimate of drug-likeness (QED) is 0.544. The monoisotopic (exact) mass is 175 g/mol. The summed E-state index contributed by atoms with van der Waals surface area (Å²) < 4.78 is 0. The van der Waals surface area contributed by atoms with E-state index in [1.807, 2.05) is 25.1 Å². The van der Waals surface area contributed by atoms with Gasteiger partial charge in [0.1, 0.15) is 0 Å². The summed E-state index contributed by atoms with van der Waals surface area (Å²) in [4.78, 5) is 0. The van der Waals surface area contributed by atoms with E-state index in [1.165, 1.54) is 0 Å². The number of aryl methyl sites for hydroxylation is 1. The lowest BCUT2D eigenvalue weighted by Crippen LogP contribution is -2.03. The molecule has 0 amide bonds. The predicted molar refractivity (Wildman–Crippen MR) is 54.3 cm³/mol. The summed E-state index contributed by atoms with van der Waals surface area (Å²) in [5, 5.41) is 11.5. The van der Waals surface area contributed by atoms with Gasteiger partial charge in [-0.15, -0.1) is 0 Å². The van der Waals surface area contributed by atoms with E-state index in [0.717, 1.165) is 16.9 Å². The third-order valence-electron chi connectivity index (χ3n) is 1.76. The SMILES string of the molecule is Cc1ccc(N)c(NCCC#N)c1. The van der Waals surface area contributed by atoms with Crippen LogP contribution in [0.5, 0.6) is 0 Å². The number of nitrogen functional groups attached to an aromatic ring is 1. The summed E-state index contributed by atoms with van der Waals surface area (Å²) >= 11 is 0. The fraction of sp³-hybridized carbons (Fsp3) is 0.300. The molecule has 0 saturated heterocycles. The van der Waals surface area contributed by atoms with Crippen LogP contribution < -0.4 is 11.1 Å². The van der Waals surface area contributed by atoms with Crippen LogP contribution in [0.15, 0.2) is 18.2 Å². The number of anilines is 2. The Kier molecular flexibility index (Phi) is 3.15. The van der Waals surface area contributed by atoms with E-state index < -0.39 is 0 Å². The molecule has 0 fully saturated rings. The number of nitrogens with two attached hydrogens (primary N) is 1. The minimum Gasteiger partial charge on any atom is -0.397 e. The second-order valence-corrected chi connectivity index (χ2v) is 2.93. The Hall–Kier alpha value is -1.69. The lowest BCUT2D eigenvalue weighted by Gasteiger charge is -2.07. The maximum absolute atomic E-state index is 8.35. The molecule has 1 rings (SSSR count). The highest BCUT2D eigenvalue weighted by molar-refractivity contribution is 5.66. The lowest BCUT2D eigenvalue weighted by atomic mass is 10.2. The average Bonchev–Trinajstić information content (AvgIpc) is 2.11. The molecule has 0 unspecified atom stereocenters. The van der Waals surface area contributed by atoms with Gasteiger partial charge in [-0.2, -0.15) is 5.26 Å². The summed E-state index contributed by atoms with van der Waals surface area (Å²) in [6, 6.07) is 7.88. The smallest absolute Gasteiger partial charge is 0.0640 e. The number of rotatable bonds is 3. The van der Waals surface area contributed by atoms with Gasteiger partial charge in [-0.1, -0.05) is 6.07 Å². The summed E-state index contributed by atoms with van der Waals surface area (Å²) in [7, 11) is 0. The van der Waals surface area contributed by atoms with Gasteiger partial charge in [-0.05, 0) is 24.6 Å². The van der Waals surface area contributed by atoms with Crippen molar-refractivity contribution in [3.8, 4) is 6.07 Å². The Morgan fingerprint density at radius 2 is 2.31 bits per heavy atom. The maximum atomic E-state index is 8.35. The number of nitriles is 1. The molecule has 0 saturated carbocycles. The van der Waals surface area contributed by atoms with Crippen molar-refractivity contribution in [3.63, 3.8) is 0 Å².